The molecule has 0 saturated carbocycles. The number of nitrogens with zero attached hydrogens (tertiary/aromatic N) is 1. The summed E-state index contributed by atoms with van der Waals surface area (Å²) in [6.07, 6.45) is 3.61. The zero-order valence-electron chi connectivity index (χ0n) is 15.8. The first-order chi connectivity index (χ1) is 13.0. The van der Waals surface area contributed by atoms with Gasteiger partial charge in [0.1, 0.15) is 5.75 Å². The summed E-state index contributed by atoms with van der Waals surface area (Å²) in [6.45, 7) is 4.14. The topological polar surface area (TPSA) is 94.1 Å². The highest BCUT2D eigenvalue weighted by Crippen LogP contribution is 2.25. The van der Waals surface area contributed by atoms with E-state index in [1.807, 2.05) is 0 Å². The Balaban J connectivity index is 1.63. The number of carbonyl (C=O) groups is 3. The quantitative estimate of drug-likeness (QED) is 0.529. The van der Waals surface area contributed by atoms with Crippen LogP contribution in [0.15, 0.2) is 24.3 Å². The molecule has 7 nitrogen and oxygen atoms in total. The maximum Gasteiger partial charge on any atom is 0.292 e. The van der Waals surface area contributed by atoms with Gasteiger partial charge >= 0.3 is 0 Å². The van der Waals surface area contributed by atoms with Crippen LogP contribution in [0.25, 0.3) is 0 Å². The summed E-state index contributed by atoms with van der Waals surface area (Å²) in [5, 5.41) is 0. The maximum atomic E-state index is 12.9. The number of anilines is 1. The Morgan fingerprint density at radius 3 is 2.48 bits per heavy atom. The first-order valence-corrected chi connectivity index (χ1v) is 9.74. The predicted octanol–water partition coefficient (Wildman–Crippen LogP) is 0.278. The number of quaternary nitrogens is 1. The van der Waals surface area contributed by atoms with Crippen LogP contribution in [0, 0.1) is 5.92 Å². The van der Waals surface area contributed by atoms with Gasteiger partial charge in [0.15, 0.2) is 6.04 Å². The molecule has 27 heavy (non-hydrogen) atoms. The number of hydrogen-bond acceptors (Lipinski definition) is 4. The van der Waals surface area contributed by atoms with E-state index in [1.54, 1.807) is 24.3 Å². The van der Waals surface area contributed by atoms with Crippen molar-refractivity contribution in [1.29, 1.82) is 0 Å². The van der Waals surface area contributed by atoms with Crippen molar-refractivity contribution in [1.82, 2.24) is 0 Å². The molecular formula is C20H28N3O4+. The van der Waals surface area contributed by atoms with Crippen LogP contribution in [0.1, 0.15) is 39.0 Å². The van der Waals surface area contributed by atoms with Gasteiger partial charge in [0.25, 0.3) is 5.91 Å². The Kier molecular flexibility index (Phi) is 6.11. The molecule has 2 heterocycles. The number of benzene rings is 1. The van der Waals surface area contributed by atoms with Crippen LogP contribution in [0.4, 0.5) is 5.69 Å². The van der Waals surface area contributed by atoms with Crippen molar-refractivity contribution < 1.29 is 24.0 Å². The smallest absolute Gasteiger partial charge is 0.292 e. The van der Waals surface area contributed by atoms with Gasteiger partial charge in [-0.25, -0.2) is 4.90 Å². The number of unbranched alkanes of at least 4 members (excludes halogenated alkanes) is 1. The SMILES string of the molecule is CCCCOc1ccc(N2C(=O)C[C@H]([NH+]3CCC(C(N)=O)CC3)C2=O)cc1. The van der Waals surface area contributed by atoms with E-state index in [9.17, 15) is 14.4 Å². The van der Waals surface area contributed by atoms with Crippen molar-refractivity contribution in [2.24, 2.45) is 11.7 Å². The monoisotopic (exact) mass is 374 g/mol. The molecule has 0 spiro atoms. The highest BCUT2D eigenvalue weighted by atomic mass is 16.5. The van der Waals surface area contributed by atoms with Crippen LogP contribution in [0.3, 0.4) is 0 Å². The van der Waals surface area contributed by atoms with Gasteiger partial charge in [-0.15, -0.1) is 0 Å². The van der Waals surface area contributed by atoms with Crippen LogP contribution in [-0.2, 0) is 14.4 Å². The van der Waals surface area contributed by atoms with Gasteiger partial charge in [0.05, 0.1) is 31.8 Å². The molecule has 146 valence electrons. The molecule has 0 bridgehead atoms. The summed E-state index contributed by atoms with van der Waals surface area (Å²) in [6, 6.07) is 6.74. The number of piperidine rings is 1. The van der Waals surface area contributed by atoms with Gasteiger partial charge < -0.3 is 15.4 Å². The second-order valence-electron chi connectivity index (χ2n) is 7.35. The van der Waals surface area contributed by atoms with Gasteiger partial charge in [-0.1, -0.05) is 13.3 Å². The Labute approximate surface area is 159 Å². The Hall–Kier alpha value is -2.41. The molecule has 1 atom stereocenters. The molecule has 2 aliphatic heterocycles. The molecule has 7 heteroatoms. The average Bonchev–Trinajstić information content (AvgIpc) is 2.97. The van der Waals surface area contributed by atoms with E-state index >= 15 is 0 Å². The molecule has 2 fully saturated rings. The van der Waals surface area contributed by atoms with Gasteiger partial charge in [0.2, 0.25) is 11.8 Å². The third kappa shape index (κ3) is 4.30. The Morgan fingerprint density at radius 1 is 1.22 bits per heavy atom. The van der Waals surface area contributed by atoms with Crippen molar-refractivity contribution in [3.05, 3.63) is 24.3 Å². The number of ether oxygens (including phenoxy) is 1. The molecule has 0 aromatic heterocycles. The minimum Gasteiger partial charge on any atom is -0.494 e. The van der Waals surface area contributed by atoms with E-state index in [0.717, 1.165) is 23.5 Å². The summed E-state index contributed by atoms with van der Waals surface area (Å²) < 4.78 is 5.63. The Morgan fingerprint density at radius 2 is 1.89 bits per heavy atom. The molecule has 2 aliphatic rings. The fraction of sp³-hybridized carbons (Fsp3) is 0.550. The lowest BCUT2D eigenvalue weighted by molar-refractivity contribution is -0.920. The van der Waals surface area contributed by atoms with Gasteiger partial charge in [-0.2, -0.15) is 0 Å². The van der Waals surface area contributed by atoms with Crippen LogP contribution < -0.4 is 20.3 Å². The number of nitrogens with two attached hydrogens (primary N) is 1. The summed E-state index contributed by atoms with van der Waals surface area (Å²) >= 11 is 0. The number of primary amides is 1. The first kappa shape index (κ1) is 19.4. The Bertz CT molecular complexity index is 696. The summed E-state index contributed by atoms with van der Waals surface area (Å²) in [4.78, 5) is 39.1. The molecule has 3 amide bonds. The molecular weight excluding hydrogens is 346 g/mol. The van der Waals surface area contributed by atoms with E-state index < -0.39 is 0 Å². The largest absolute Gasteiger partial charge is 0.494 e. The van der Waals surface area contributed by atoms with Crippen LogP contribution in [-0.4, -0.2) is 43.5 Å². The number of amides is 3. The third-order valence-electron chi connectivity index (χ3n) is 5.53. The number of rotatable bonds is 7. The van der Waals surface area contributed by atoms with Crippen molar-refractivity contribution in [2.45, 2.75) is 45.1 Å². The molecule has 1 aromatic carbocycles. The number of nitrogens with one attached hydrogen (secondary N) is 1. The fourth-order valence-corrected chi connectivity index (χ4v) is 3.87. The molecule has 3 rings (SSSR count). The fourth-order valence-electron chi connectivity index (χ4n) is 3.87. The lowest BCUT2D eigenvalue weighted by Crippen LogP contribution is -3.17. The second kappa shape index (κ2) is 8.52. The number of imide groups is 1. The normalized spacial score (nSPS) is 25.7. The molecule has 0 unspecified atom stereocenters. The molecule has 1 aromatic rings. The lowest BCUT2D eigenvalue weighted by atomic mass is 9.95. The van der Waals surface area contributed by atoms with E-state index in [0.29, 0.717) is 38.2 Å². The number of likely N-dealkylation sites (tertiary alicyclic amines) is 1. The zero-order chi connectivity index (χ0) is 19.4. The zero-order valence-corrected chi connectivity index (χ0v) is 15.8. The highest BCUT2D eigenvalue weighted by molar-refractivity contribution is 6.21. The summed E-state index contributed by atoms with van der Waals surface area (Å²) in [7, 11) is 0. The average molecular weight is 374 g/mol. The van der Waals surface area contributed by atoms with E-state index in [4.69, 9.17) is 10.5 Å². The van der Waals surface area contributed by atoms with Crippen molar-refractivity contribution in [2.75, 3.05) is 24.6 Å². The minimum atomic E-state index is -0.369. The van der Waals surface area contributed by atoms with Crippen molar-refractivity contribution in [3.8, 4) is 5.75 Å². The number of hydrogen-bond donors (Lipinski definition) is 2. The maximum absolute atomic E-state index is 12.9. The standard InChI is InChI=1S/C20H27N3O4/c1-2-3-12-27-16-6-4-15(5-7-16)23-18(24)13-17(20(23)26)22-10-8-14(9-11-22)19(21)25/h4-7,14,17H,2-3,8-13H2,1H3,(H2,21,25)/p+1/t17-/m0/s1. The van der Waals surface area contributed by atoms with Crippen LogP contribution >= 0.6 is 0 Å². The minimum absolute atomic E-state index is 0.114. The first-order valence-electron chi connectivity index (χ1n) is 9.74. The van der Waals surface area contributed by atoms with Gasteiger partial charge in [-0.05, 0) is 30.7 Å². The van der Waals surface area contributed by atoms with Crippen LogP contribution in [0.2, 0.25) is 0 Å². The molecule has 3 N–H and O–H groups in total. The van der Waals surface area contributed by atoms with E-state index in [2.05, 4.69) is 6.92 Å². The van der Waals surface area contributed by atoms with Gasteiger partial charge in [-0.3, -0.25) is 14.4 Å². The van der Waals surface area contributed by atoms with E-state index in [-0.39, 0.29) is 36.1 Å². The van der Waals surface area contributed by atoms with Crippen LogP contribution in [0.5, 0.6) is 5.75 Å². The van der Waals surface area contributed by atoms with Crippen molar-refractivity contribution in [3.63, 3.8) is 0 Å². The molecule has 0 radical (unpaired) electrons. The predicted molar refractivity (Wildman–Crippen MR) is 100 cm³/mol. The third-order valence-corrected chi connectivity index (χ3v) is 5.53. The van der Waals surface area contributed by atoms with Gasteiger partial charge in [0, 0.05) is 18.8 Å². The molecule has 0 aliphatic carbocycles. The lowest BCUT2D eigenvalue weighted by Gasteiger charge is -2.30. The number of carbonyl (C=O) groups excluding carboxylic acids is 3. The molecule has 2 saturated heterocycles. The summed E-state index contributed by atoms with van der Waals surface area (Å²) in [5.74, 6) is 0.0198. The summed E-state index contributed by atoms with van der Waals surface area (Å²) in [5.41, 5.74) is 5.96. The second-order valence-corrected chi connectivity index (χ2v) is 7.35. The van der Waals surface area contributed by atoms with E-state index in [1.165, 1.54) is 4.90 Å². The highest BCUT2D eigenvalue weighted by Gasteiger charge is 2.46. The van der Waals surface area contributed by atoms with Crippen molar-refractivity contribution >= 4 is 23.4 Å².